The summed E-state index contributed by atoms with van der Waals surface area (Å²) >= 11 is 0. The minimum atomic E-state index is -0.366. The summed E-state index contributed by atoms with van der Waals surface area (Å²) in [7, 11) is 0. The van der Waals surface area contributed by atoms with Gasteiger partial charge < -0.3 is 0 Å². The molecule has 0 unspecified atom stereocenters. The van der Waals surface area contributed by atoms with Gasteiger partial charge in [0.1, 0.15) is 0 Å². The third kappa shape index (κ3) is 3.62. The number of fused-ring (bicyclic) bond motifs is 6. The molecule has 4 heteroatoms. The van der Waals surface area contributed by atoms with E-state index < -0.39 is 0 Å². The van der Waals surface area contributed by atoms with Gasteiger partial charge in [0.15, 0.2) is 0 Å². The van der Waals surface area contributed by atoms with Crippen molar-refractivity contribution < 1.29 is 0 Å². The van der Waals surface area contributed by atoms with E-state index in [0.717, 1.165) is 22.8 Å². The van der Waals surface area contributed by atoms with E-state index in [1.807, 2.05) is 9.36 Å². The van der Waals surface area contributed by atoms with E-state index in [-0.39, 0.29) is 16.2 Å². The van der Waals surface area contributed by atoms with E-state index in [2.05, 4.69) is 151 Å². The summed E-state index contributed by atoms with van der Waals surface area (Å²) in [5.74, 6) is 0. The molecule has 0 saturated carbocycles. The largest absolute Gasteiger partial charge is 0.241 e. The normalized spacial score (nSPS) is 15.6. The van der Waals surface area contributed by atoms with Crippen molar-refractivity contribution in [2.75, 3.05) is 0 Å². The summed E-state index contributed by atoms with van der Waals surface area (Å²) in [6.07, 6.45) is 4.15. The smallest absolute Gasteiger partial charge is 0.0745 e. The second-order valence-electron chi connectivity index (χ2n) is 13.7. The molecule has 6 aromatic rings. The number of benzene rings is 4. The van der Waals surface area contributed by atoms with Gasteiger partial charge in [-0.2, -0.15) is 10.2 Å². The first-order chi connectivity index (χ1) is 20.6. The predicted molar refractivity (Wildman–Crippen MR) is 174 cm³/mol. The lowest BCUT2D eigenvalue weighted by Crippen LogP contribution is -2.21. The molecule has 0 fully saturated rings. The molecule has 0 saturated heterocycles. The summed E-state index contributed by atoms with van der Waals surface area (Å²) in [5, 5.41) is 10.2. The van der Waals surface area contributed by atoms with Crippen molar-refractivity contribution in [2.45, 2.75) is 57.8 Å². The third-order valence-corrected chi connectivity index (χ3v) is 10.1. The van der Waals surface area contributed by atoms with Crippen molar-refractivity contribution >= 4 is 0 Å². The van der Waals surface area contributed by atoms with Crippen molar-refractivity contribution in [1.82, 2.24) is 19.6 Å². The Labute approximate surface area is 253 Å². The number of hydrogen-bond acceptors (Lipinski definition) is 2. The molecule has 0 radical (unpaired) electrons. The number of hydrogen-bond donors (Lipinski definition) is 0. The van der Waals surface area contributed by atoms with Gasteiger partial charge in [-0.05, 0) is 94.8 Å². The fraction of sp³-hybridized carbons (Fsp3) is 0.231. The van der Waals surface area contributed by atoms with Gasteiger partial charge >= 0.3 is 0 Å². The number of rotatable bonds is 4. The van der Waals surface area contributed by atoms with Crippen LogP contribution in [0.15, 0.2) is 109 Å². The van der Waals surface area contributed by atoms with Crippen LogP contribution in [0.4, 0.5) is 0 Å². The Hall–Kier alpha value is -4.70. The Morgan fingerprint density at radius 1 is 0.488 bits per heavy atom. The lowest BCUT2D eigenvalue weighted by atomic mass is 9.82. The maximum atomic E-state index is 5.09. The van der Waals surface area contributed by atoms with Gasteiger partial charge in [-0.1, -0.05) is 88.4 Å². The highest BCUT2D eigenvalue weighted by molar-refractivity contribution is 5.82. The first kappa shape index (κ1) is 26.0. The van der Waals surface area contributed by atoms with Crippen LogP contribution in [0.2, 0.25) is 0 Å². The molecule has 212 valence electrons. The van der Waals surface area contributed by atoms with Crippen molar-refractivity contribution in [3.63, 3.8) is 0 Å². The van der Waals surface area contributed by atoms with Crippen molar-refractivity contribution in [3.8, 4) is 33.6 Å². The number of nitrogens with zero attached hydrogens (tertiary/aromatic N) is 4. The standard InChI is InChI=1S/C39H36N4/c1-37(2)31-13-9-7-11-27(31)29-17-15-25(23-33(29)37)42-21-19-35(40-42)39(5,6)36-20-22-43(41-36)26-16-18-30-28-12-8-10-14-32(28)38(3,4)34(30)24-26/h7-24H,1-6H3. The van der Waals surface area contributed by atoms with E-state index >= 15 is 0 Å². The lowest BCUT2D eigenvalue weighted by molar-refractivity contribution is 0.576. The molecule has 43 heavy (non-hydrogen) atoms. The second-order valence-corrected chi connectivity index (χ2v) is 13.7. The van der Waals surface area contributed by atoms with Gasteiger partial charge in [0.05, 0.1) is 28.2 Å². The predicted octanol–water partition coefficient (Wildman–Crippen LogP) is 9.00. The SMILES string of the molecule is CC(C)(c1ccn(-c2ccc3c(c2)C(C)(C)c2ccccc2-3)n1)c1ccn(-c2ccc3c(c2)C(C)(C)c2ccccc2-3)n1. The molecule has 0 amide bonds. The quantitative estimate of drug-likeness (QED) is 0.216. The summed E-state index contributed by atoms with van der Waals surface area (Å²) in [5.41, 5.74) is 14.5. The maximum absolute atomic E-state index is 5.09. The van der Waals surface area contributed by atoms with Crippen molar-refractivity contribution in [2.24, 2.45) is 0 Å². The minimum absolute atomic E-state index is 0.0421. The molecule has 4 nitrogen and oxygen atoms in total. The second kappa shape index (κ2) is 8.67. The molecule has 0 aliphatic heterocycles. The average molecular weight is 561 g/mol. The average Bonchev–Trinajstić information content (AvgIpc) is 3.79. The molecule has 0 atom stereocenters. The molecule has 4 aromatic carbocycles. The highest BCUT2D eigenvalue weighted by Crippen LogP contribution is 2.50. The molecular formula is C39H36N4. The molecule has 8 rings (SSSR count). The zero-order valence-electron chi connectivity index (χ0n) is 25.7. The first-order valence-corrected chi connectivity index (χ1v) is 15.2. The topological polar surface area (TPSA) is 35.6 Å². The minimum Gasteiger partial charge on any atom is -0.241 e. The van der Waals surface area contributed by atoms with Crippen molar-refractivity contribution in [3.05, 3.63) is 143 Å². The Morgan fingerprint density at radius 3 is 1.33 bits per heavy atom. The van der Waals surface area contributed by atoms with Crippen LogP contribution in [0, 0.1) is 0 Å². The number of aromatic nitrogens is 4. The van der Waals surface area contributed by atoms with Crippen LogP contribution in [-0.2, 0) is 16.2 Å². The van der Waals surface area contributed by atoms with E-state index in [1.54, 1.807) is 0 Å². The zero-order chi connectivity index (χ0) is 29.7. The summed E-state index contributed by atoms with van der Waals surface area (Å²) in [6, 6.07) is 35.3. The molecule has 0 bridgehead atoms. The van der Waals surface area contributed by atoms with E-state index in [0.29, 0.717) is 0 Å². The molecular weight excluding hydrogens is 524 g/mol. The monoisotopic (exact) mass is 560 g/mol. The molecule has 2 aliphatic carbocycles. The van der Waals surface area contributed by atoms with Gasteiger partial charge in [-0.3, -0.25) is 0 Å². The van der Waals surface area contributed by atoms with E-state index in [4.69, 9.17) is 10.2 Å². The molecule has 2 heterocycles. The van der Waals surface area contributed by atoms with Crippen LogP contribution in [-0.4, -0.2) is 19.6 Å². The van der Waals surface area contributed by atoms with Crippen LogP contribution >= 0.6 is 0 Å². The molecule has 2 aliphatic rings. The van der Waals surface area contributed by atoms with Crippen LogP contribution in [0.3, 0.4) is 0 Å². The highest BCUT2D eigenvalue weighted by Gasteiger charge is 2.37. The zero-order valence-corrected chi connectivity index (χ0v) is 25.7. The van der Waals surface area contributed by atoms with Crippen LogP contribution < -0.4 is 0 Å². The summed E-state index contributed by atoms with van der Waals surface area (Å²) in [4.78, 5) is 0. The summed E-state index contributed by atoms with van der Waals surface area (Å²) in [6.45, 7) is 13.7. The summed E-state index contributed by atoms with van der Waals surface area (Å²) < 4.78 is 4.02. The Balaban J connectivity index is 1.10. The van der Waals surface area contributed by atoms with E-state index in [1.165, 1.54) is 44.5 Å². The van der Waals surface area contributed by atoms with Gasteiger partial charge in [-0.25, -0.2) is 9.36 Å². The van der Waals surface area contributed by atoms with E-state index in [9.17, 15) is 0 Å². The maximum Gasteiger partial charge on any atom is 0.0745 e. The molecule has 2 aromatic heterocycles. The van der Waals surface area contributed by atoms with Gasteiger partial charge in [0.25, 0.3) is 0 Å². The van der Waals surface area contributed by atoms with Crippen LogP contribution in [0.5, 0.6) is 0 Å². The Bertz CT molecular complexity index is 1920. The third-order valence-electron chi connectivity index (χ3n) is 10.1. The molecule has 0 spiro atoms. The molecule has 0 N–H and O–H groups in total. The van der Waals surface area contributed by atoms with Crippen molar-refractivity contribution in [1.29, 1.82) is 0 Å². The Kier molecular flexibility index (Phi) is 5.23. The highest BCUT2D eigenvalue weighted by atomic mass is 15.3. The first-order valence-electron chi connectivity index (χ1n) is 15.2. The van der Waals surface area contributed by atoms with Crippen LogP contribution in [0.1, 0.15) is 75.2 Å². The van der Waals surface area contributed by atoms with Gasteiger partial charge in [0, 0.05) is 23.2 Å². The fourth-order valence-corrected chi connectivity index (χ4v) is 7.40. The van der Waals surface area contributed by atoms with Crippen LogP contribution in [0.25, 0.3) is 33.6 Å². The lowest BCUT2D eigenvalue weighted by Gasteiger charge is -2.22. The van der Waals surface area contributed by atoms with Gasteiger partial charge in [0.2, 0.25) is 0 Å². The Morgan fingerprint density at radius 2 is 0.884 bits per heavy atom. The van der Waals surface area contributed by atoms with Gasteiger partial charge in [-0.15, -0.1) is 0 Å². The fourth-order valence-electron chi connectivity index (χ4n) is 7.40.